The number of benzene rings is 1. The van der Waals surface area contributed by atoms with Crippen molar-refractivity contribution in [1.82, 2.24) is 15.1 Å². The first-order valence-corrected chi connectivity index (χ1v) is 11.9. The maximum absolute atomic E-state index is 13.3. The third-order valence-corrected chi connectivity index (χ3v) is 6.71. The first-order valence-electron chi connectivity index (χ1n) is 11.0. The summed E-state index contributed by atoms with van der Waals surface area (Å²) in [5.41, 5.74) is 2.21. The lowest BCUT2D eigenvalue weighted by Crippen LogP contribution is -2.29. The van der Waals surface area contributed by atoms with E-state index in [4.69, 9.17) is 0 Å². The number of likely N-dealkylation sites (tertiary alicyclic amines) is 1. The molecule has 4 rings (SSSR count). The van der Waals surface area contributed by atoms with Crippen molar-refractivity contribution in [3.63, 3.8) is 0 Å². The highest BCUT2D eigenvalue weighted by Gasteiger charge is 2.28. The number of nitriles is 1. The zero-order valence-corrected chi connectivity index (χ0v) is 19.0. The largest absolute Gasteiger partial charge is 0.363 e. The average molecular weight is 450 g/mol. The van der Waals surface area contributed by atoms with E-state index in [0.717, 1.165) is 44.3 Å². The Kier molecular flexibility index (Phi) is 6.86. The number of hydrogen-bond donors (Lipinski definition) is 1. The van der Waals surface area contributed by atoms with Crippen molar-refractivity contribution in [2.24, 2.45) is 4.99 Å². The molecule has 0 radical (unpaired) electrons. The van der Waals surface area contributed by atoms with Crippen LogP contribution >= 0.6 is 11.3 Å². The van der Waals surface area contributed by atoms with Crippen molar-refractivity contribution in [3.8, 4) is 6.07 Å². The predicted molar refractivity (Wildman–Crippen MR) is 125 cm³/mol. The lowest BCUT2D eigenvalue weighted by atomic mass is 10.1. The molecule has 1 aromatic heterocycles. The van der Waals surface area contributed by atoms with Crippen LogP contribution in [0.5, 0.6) is 0 Å². The summed E-state index contributed by atoms with van der Waals surface area (Å²) in [6.07, 6.45) is 7.23. The Morgan fingerprint density at radius 3 is 2.75 bits per heavy atom. The molecule has 2 aliphatic rings. The molecule has 0 atom stereocenters. The summed E-state index contributed by atoms with van der Waals surface area (Å²) in [4.78, 5) is 34.9. The van der Waals surface area contributed by atoms with Gasteiger partial charge in [0.25, 0.3) is 11.8 Å². The van der Waals surface area contributed by atoms with Crippen LogP contribution in [0.15, 0.2) is 34.6 Å². The number of nitrogens with one attached hydrogen (secondary N) is 1. The van der Waals surface area contributed by atoms with E-state index in [-0.39, 0.29) is 17.9 Å². The van der Waals surface area contributed by atoms with Crippen LogP contribution in [0, 0.1) is 11.3 Å². The van der Waals surface area contributed by atoms with Gasteiger partial charge in [0.2, 0.25) is 0 Å². The van der Waals surface area contributed by atoms with Gasteiger partial charge in [-0.15, -0.1) is 11.3 Å². The molecular formula is C24H27N5O2S. The van der Waals surface area contributed by atoms with Gasteiger partial charge in [-0.3, -0.25) is 9.59 Å². The van der Waals surface area contributed by atoms with E-state index < -0.39 is 0 Å². The minimum absolute atomic E-state index is 0.175. The van der Waals surface area contributed by atoms with Gasteiger partial charge >= 0.3 is 0 Å². The van der Waals surface area contributed by atoms with E-state index in [1.165, 1.54) is 17.8 Å². The highest BCUT2D eigenvalue weighted by atomic mass is 32.1. The lowest BCUT2D eigenvalue weighted by Gasteiger charge is -2.24. The van der Waals surface area contributed by atoms with Crippen molar-refractivity contribution >= 4 is 35.2 Å². The van der Waals surface area contributed by atoms with Gasteiger partial charge in [-0.25, -0.2) is 4.99 Å². The fourth-order valence-electron chi connectivity index (χ4n) is 3.72. The Balaban J connectivity index is 1.59. The van der Waals surface area contributed by atoms with Crippen LogP contribution < -0.4 is 5.32 Å². The van der Waals surface area contributed by atoms with Gasteiger partial charge < -0.3 is 15.1 Å². The molecule has 7 nitrogen and oxygen atoms in total. The van der Waals surface area contributed by atoms with E-state index in [2.05, 4.69) is 21.3 Å². The van der Waals surface area contributed by atoms with Crippen LogP contribution in [0.2, 0.25) is 0 Å². The molecule has 1 saturated heterocycles. The van der Waals surface area contributed by atoms with Crippen molar-refractivity contribution in [2.45, 2.75) is 44.7 Å². The van der Waals surface area contributed by atoms with Gasteiger partial charge in [0.1, 0.15) is 10.6 Å². The molecule has 166 valence electrons. The van der Waals surface area contributed by atoms with Gasteiger partial charge in [-0.1, -0.05) is 18.2 Å². The second kappa shape index (κ2) is 9.96. The molecule has 1 aromatic carbocycles. The van der Waals surface area contributed by atoms with Gasteiger partial charge in [0.15, 0.2) is 0 Å². The first-order chi connectivity index (χ1) is 15.6. The summed E-state index contributed by atoms with van der Waals surface area (Å²) in [5.74, 6) is -0.384. The fourth-order valence-corrected chi connectivity index (χ4v) is 4.71. The van der Waals surface area contributed by atoms with Crippen LogP contribution in [0.1, 0.15) is 63.3 Å². The predicted octanol–water partition coefficient (Wildman–Crippen LogP) is 3.93. The molecule has 1 aliphatic carbocycles. The number of hydrogen-bond acceptors (Lipinski definition) is 5. The van der Waals surface area contributed by atoms with Crippen LogP contribution in [-0.2, 0) is 6.54 Å². The summed E-state index contributed by atoms with van der Waals surface area (Å²) < 4.78 is 0. The van der Waals surface area contributed by atoms with Crippen LogP contribution in [0.4, 0.5) is 5.69 Å². The quantitative estimate of drug-likeness (QED) is 0.512. The minimum atomic E-state index is -0.209. The Morgan fingerprint density at radius 1 is 1.28 bits per heavy atom. The third kappa shape index (κ3) is 5.17. The molecule has 0 spiro atoms. The van der Waals surface area contributed by atoms with Crippen molar-refractivity contribution in [3.05, 3.63) is 51.2 Å². The normalized spacial score (nSPS) is 16.1. The molecule has 0 bridgehead atoms. The Morgan fingerprint density at radius 2 is 2.03 bits per heavy atom. The molecular weight excluding hydrogens is 422 g/mol. The SMILES string of the molecule is CN(Cc1ccccc1C#N)C(=O)c1scc(C(=O)NC2CC2)c1N=CN1CCCCC1. The molecule has 2 heterocycles. The van der Waals surface area contributed by atoms with Gasteiger partial charge in [-0.05, 0) is 43.7 Å². The van der Waals surface area contributed by atoms with Gasteiger partial charge in [0.05, 0.1) is 23.5 Å². The van der Waals surface area contributed by atoms with Crippen LogP contribution in [-0.4, -0.2) is 54.1 Å². The number of piperidine rings is 1. The number of thiophene rings is 1. The molecule has 32 heavy (non-hydrogen) atoms. The Labute approximate surface area is 192 Å². The standard InChI is InChI=1S/C24H27N5O2S/c1-28(14-18-8-4-3-7-17(18)13-25)24(31)22-21(26-16-29-11-5-2-6-12-29)20(15-32-22)23(30)27-19-9-10-19/h3-4,7-8,15-16,19H,2,5-6,9-12,14H2,1H3,(H,27,30). The van der Waals surface area contributed by atoms with E-state index >= 15 is 0 Å². The number of amides is 2. The average Bonchev–Trinajstić information content (AvgIpc) is 3.53. The highest BCUT2D eigenvalue weighted by molar-refractivity contribution is 7.13. The lowest BCUT2D eigenvalue weighted by molar-refractivity contribution is 0.0790. The molecule has 1 N–H and O–H groups in total. The first kappa shape index (κ1) is 22.0. The molecule has 2 amide bonds. The van der Waals surface area contributed by atoms with Crippen LogP contribution in [0.25, 0.3) is 0 Å². The fraction of sp³-hybridized carbons (Fsp3) is 0.417. The molecule has 1 aliphatic heterocycles. The minimum Gasteiger partial charge on any atom is -0.363 e. The van der Waals surface area contributed by atoms with E-state index in [9.17, 15) is 14.9 Å². The second-order valence-electron chi connectivity index (χ2n) is 8.35. The van der Waals surface area contributed by atoms with Crippen LogP contribution in [0.3, 0.4) is 0 Å². The second-order valence-corrected chi connectivity index (χ2v) is 9.23. The Hall–Kier alpha value is -3.18. The van der Waals surface area contributed by atoms with E-state index in [0.29, 0.717) is 28.2 Å². The van der Waals surface area contributed by atoms with Gasteiger partial charge in [0, 0.05) is 38.1 Å². The van der Waals surface area contributed by atoms with E-state index in [1.807, 2.05) is 12.1 Å². The summed E-state index contributed by atoms with van der Waals surface area (Å²) in [5, 5.41) is 14.1. The molecule has 1 saturated carbocycles. The summed E-state index contributed by atoms with van der Waals surface area (Å²) in [6, 6.07) is 9.65. The highest BCUT2D eigenvalue weighted by Crippen LogP contribution is 2.33. The third-order valence-electron chi connectivity index (χ3n) is 5.75. The summed E-state index contributed by atoms with van der Waals surface area (Å²) in [7, 11) is 1.71. The van der Waals surface area contributed by atoms with Gasteiger partial charge in [-0.2, -0.15) is 5.26 Å². The Bertz CT molecular complexity index is 1060. The summed E-state index contributed by atoms with van der Waals surface area (Å²) >= 11 is 1.25. The zero-order valence-electron chi connectivity index (χ0n) is 18.2. The molecule has 0 unspecified atom stereocenters. The molecule has 2 fully saturated rings. The smallest absolute Gasteiger partial charge is 0.266 e. The summed E-state index contributed by atoms with van der Waals surface area (Å²) in [6.45, 7) is 2.18. The number of carbonyl (C=O) groups excluding carboxylic acids is 2. The number of rotatable bonds is 7. The number of aliphatic imine (C=N–C) groups is 1. The molecule has 2 aromatic rings. The number of nitrogens with zero attached hydrogens (tertiary/aromatic N) is 4. The zero-order chi connectivity index (χ0) is 22.5. The van der Waals surface area contributed by atoms with Crippen molar-refractivity contribution in [1.29, 1.82) is 5.26 Å². The number of carbonyl (C=O) groups is 2. The topological polar surface area (TPSA) is 88.8 Å². The van der Waals surface area contributed by atoms with Crippen molar-refractivity contribution < 1.29 is 9.59 Å². The maximum atomic E-state index is 13.3. The monoisotopic (exact) mass is 449 g/mol. The maximum Gasteiger partial charge on any atom is 0.266 e. The molecule has 8 heteroatoms. The van der Waals surface area contributed by atoms with E-state index in [1.54, 1.807) is 35.8 Å². The van der Waals surface area contributed by atoms with Crippen molar-refractivity contribution in [2.75, 3.05) is 20.1 Å².